The van der Waals surface area contributed by atoms with Gasteiger partial charge in [0.25, 0.3) is 0 Å². The van der Waals surface area contributed by atoms with E-state index in [0.717, 1.165) is 6.07 Å². The Morgan fingerprint density at radius 2 is 1.33 bits per heavy atom. The Balaban J connectivity index is 3.59. The summed E-state index contributed by atoms with van der Waals surface area (Å²) in [6.07, 6.45) is 0. The molecule has 0 aliphatic heterocycles. The van der Waals surface area contributed by atoms with Gasteiger partial charge in [0.05, 0.1) is 11.1 Å². The van der Waals surface area contributed by atoms with Gasteiger partial charge in [-0.05, 0) is 19.9 Å². The summed E-state index contributed by atoms with van der Waals surface area (Å²) in [6, 6.07) is 1.05. The highest BCUT2D eigenvalue weighted by molar-refractivity contribution is 5.97. The lowest BCUT2D eigenvalue weighted by Gasteiger charge is -2.09. The average molecular weight is 210 g/mol. The van der Waals surface area contributed by atoms with Crippen LogP contribution in [0.4, 0.5) is 0 Å². The zero-order valence-electron chi connectivity index (χ0n) is 8.24. The molecule has 0 bridgehead atoms. The molecule has 0 fully saturated rings. The summed E-state index contributed by atoms with van der Waals surface area (Å²) >= 11 is 0. The number of carboxylic acid groups (broad SMARTS) is 2. The minimum absolute atomic E-state index is 0.171. The first-order valence-electron chi connectivity index (χ1n) is 4.16. The van der Waals surface area contributed by atoms with Gasteiger partial charge in [0, 0.05) is 11.1 Å². The van der Waals surface area contributed by atoms with Crippen LogP contribution in [0.5, 0.6) is 5.75 Å². The van der Waals surface area contributed by atoms with E-state index in [4.69, 9.17) is 10.2 Å². The van der Waals surface area contributed by atoms with Crippen molar-refractivity contribution in [3.63, 3.8) is 0 Å². The number of benzene rings is 1. The number of phenolic OH excluding ortho intramolecular Hbond substituents is 1. The van der Waals surface area contributed by atoms with E-state index in [9.17, 15) is 14.7 Å². The summed E-state index contributed by atoms with van der Waals surface area (Å²) in [5, 5.41) is 27.1. The third kappa shape index (κ3) is 1.76. The first-order chi connectivity index (χ1) is 6.86. The van der Waals surface area contributed by atoms with Gasteiger partial charge in [-0.1, -0.05) is 0 Å². The zero-order valence-corrected chi connectivity index (χ0v) is 8.24. The smallest absolute Gasteiger partial charge is 0.336 e. The Morgan fingerprint density at radius 1 is 1.00 bits per heavy atom. The van der Waals surface area contributed by atoms with Crippen molar-refractivity contribution in [3.05, 3.63) is 28.3 Å². The molecule has 0 unspecified atom stereocenters. The SMILES string of the molecule is Cc1c(C(=O)O)cc(C(=O)O)c(C)c1O. The first-order valence-corrected chi connectivity index (χ1v) is 4.16. The molecular formula is C10H10O5. The summed E-state index contributed by atoms with van der Waals surface area (Å²) < 4.78 is 0. The monoisotopic (exact) mass is 210 g/mol. The van der Waals surface area contributed by atoms with Crippen LogP contribution in [0.2, 0.25) is 0 Å². The van der Waals surface area contributed by atoms with Crippen LogP contribution in [0.1, 0.15) is 31.8 Å². The molecule has 15 heavy (non-hydrogen) atoms. The minimum Gasteiger partial charge on any atom is -0.507 e. The number of carboxylic acids is 2. The van der Waals surface area contributed by atoms with E-state index in [1.54, 1.807) is 0 Å². The van der Waals surface area contributed by atoms with E-state index in [-0.39, 0.29) is 28.0 Å². The number of hydrogen-bond donors (Lipinski definition) is 3. The normalized spacial score (nSPS) is 10.0. The first kappa shape index (κ1) is 11.0. The molecule has 0 spiro atoms. The van der Waals surface area contributed by atoms with Gasteiger partial charge in [0.2, 0.25) is 0 Å². The van der Waals surface area contributed by atoms with E-state index < -0.39 is 11.9 Å². The van der Waals surface area contributed by atoms with Crippen LogP contribution in [0.25, 0.3) is 0 Å². The Labute approximate surface area is 85.6 Å². The standard InChI is InChI=1S/C10H10O5/c1-4-6(9(12)13)3-7(10(14)15)5(2)8(4)11/h3,11H,1-2H3,(H,12,13)(H,14,15). The fourth-order valence-electron chi connectivity index (χ4n) is 1.34. The molecule has 1 aromatic rings. The van der Waals surface area contributed by atoms with Gasteiger partial charge < -0.3 is 15.3 Å². The van der Waals surface area contributed by atoms with E-state index >= 15 is 0 Å². The van der Waals surface area contributed by atoms with Crippen LogP contribution in [-0.2, 0) is 0 Å². The van der Waals surface area contributed by atoms with E-state index in [1.807, 2.05) is 0 Å². The lowest BCUT2D eigenvalue weighted by atomic mass is 9.98. The molecule has 0 heterocycles. The molecule has 0 saturated heterocycles. The maximum absolute atomic E-state index is 10.8. The Hall–Kier alpha value is -2.04. The van der Waals surface area contributed by atoms with Gasteiger partial charge in [-0.3, -0.25) is 0 Å². The Kier molecular flexibility index (Phi) is 2.65. The van der Waals surface area contributed by atoms with Crippen molar-refractivity contribution in [1.29, 1.82) is 0 Å². The quantitative estimate of drug-likeness (QED) is 0.685. The second kappa shape index (κ2) is 3.61. The van der Waals surface area contributed by atoms with Crippen LogP contribution in [-0.4, -0.2) is 27.3 Å². The second-order valence-corrected chi connectivity index (χ2v) is 3.18. The molecular weight excluding hydrogens is 200 g/mol. The minimum atomic E-state index is -1.26. The maximum Gasteiger partial charge on any atom is 0.336 e. The van der Waals surface area contributed by atoms with Crippen molar-refractivity contribution in [1.82, 2.24) is 0 Å². The number of rotatable bonds is 2. The van der Waals surface area contributed by atoms with Crippen molar-refractivity contribution in [2.45, 2.75) is 13.8 Å². The fourth-order valence-corrected chi connectivity index (χ4v) is 1.34. The Morgan fingerprint density at radius 3 is 1.60 bits per heavy atom. The largest absolute Gasteiger partial charge is 0.507 e. The lowest BCUT2D eigenvalue weighted by molar-refractivity contribution is 0.0695. The Bertz CT molecular complexity index is 409. The van der Waals surface area contributed by atoms with Gasteiger partial charge in [-0.15, -0.1) is 0 Å². The maximum atomic E-state index is 10.8. The molecule has 3 N–H and O–H groups in total. The van der Waals surface area contributed by atoms with E-state index in [0.29, 0.717) is 0 Å². The molecule has 0 amide bonds. The molecule has 0 aliphatic rings. The molecule has 0 atom stereocenters. The summed E-state index contributed by atoms with van der Waals surface area (Å²) in [5.41, 5.74) is -0.0546. The van der Waals surface area contributed by atoms with Gasteiger partial charge >= 0.3 is 11.9 Å². The van der Waals surface area contributed by atoms with Crippen LogP contribution in [0.15, 0.2) is 6.07 Å². The number of hydrogen-bond acceptors (Lipinski definition) is 3. The third-order valence-electron chi connectivity index (χ3n) is 2.27. The molecule has 0 aromatic heterocycles. The van der Waals surface area contributed by atoms with E-state index in [1.165, 1.54) is 13.8 Å². The number of aromatic carboxylic acids is 2. The highest BCUT2D eigenvalue weighted by Gasteiger charge is 2.19. The number of carbonyl (C=O) groups is 2. The number of phenols is 1. The topological polar surface area (TPSA) is 94.8 Å². The van der Waals surface area contributed by atoms with Crippen LogP contribution < -0.4 is 0 Å². The molecule has 1 rings (SSSR count). The third-order valence-corrected chi connectivity index (χ3v) is 2.27. The van der Waals surface area contributed by atoms with Crippen molar-refractivity contribution in [2.24, 2.45) is 0 Å². The summed E-state index contributed by atoms with van der Waals surface area (Å²) in [5.74, 6) is -2.80. The van der Waals surface area contributed by atoms with Crippen molar-refractivity contribution in [3.8, 4) is 5.75 Å². The summed E-state index contributed by atoms with van der Waals surface area (Å²) in [6.45, 7) is 2.86. The predicted molar refractivity (Wildman–Crippen MR) is 51.5 cm³/mol. The van der Waals surface area contributed by atoms with Crippen molar-refractivity contribution < 1.29 is 24.9 Å². The lowest BCUT2D eigenvalue weighted by Crippen LogP contribution is -2.07. The van der Waals surface area contributed by atoms with Crippen LogP contribution in [0.3, 0.4) is 0 Å². The van der Waals surface area contributed by atoms with Gasteiger partial charge in [0.1, 0.15) is 5.75 Å². The molecule has 0 radical (unpaired) electrons. The van der Waals surface area contributed by atoms with Crippen molar-refractivity contribution in [2.75, 3.05) is 0 Å². The van der Waals surface area contributed by atoms with Gasteiger partial charge in [0.15, 0.2) is 0 Å². The molecule has 5 heteroatoms. The molecule has 1 aromatic carbocycles. The molecule has 5 nitrogen and oxygen atoms in total. The van der Waals surface area contributed by atoms with Gasteiger partial charge in [-0.2, -0.15) is 0 Å². The van der Waals surface area contributed by atoms with Crippen molar-refractivity contribution >= 4 is 11.9 Å². The highest BCUT2D eigenvalue weighted by Crippen LogP contribution is 2.28. The average Bonchev–Trinajstić information content (AvgIpc) is 2.13. The van der Waals surface area contributed by atoms with E-state index in [2.05, 4.69) is 0 Å². The van der Waals surface area contributed by atoms with Crippen LogP contribution in [0, 0.1) is 13.8 Å². The molecule has 80 valence electrons. The summed E-state index contributed by atoms with van der Waals surface area (Å²) in [7, 11) is 0. The zero-order chi connectivity index (χ0) is 11.7. The molecule has 0 saturated carbocycles. The predicted octanol–water partition coefficient (Wildman–Crippen LogP) is 1.41. The second-order valence-electron chi connectivity index (χ2n) is 3.18. The molecule has 0 aliphatic carbocycles. The fraction of sp³-hybridized carbons (Fsp3) is 0.200. The highest BCUT2D eigenvalue weighted by atomic mass is 16.4. The number of aromatic hydroxyl groups is 1. The summed E-state index contributed by atoms with van der Waals surface area (Å²) in [4.78, 5) is 21.5. The van der Waals surface area contributed by atoms with Crippen LogP contribution >= 0.6 is 0 Å². The van der Waals surface area contributed by atoms with Gasteiger partial charge in [-0.25, -0.2) is 9.59 Å².